The van der Waals surface area contributed by atoms with Crippen LogP contribution in [0.5, 0.6) is 0 Å². The molecule has 0 amide bonds. The highest BCUT2D eigenvalue weighted by Crippen LogP contribution is 2.16. The Hall–Kier alpha value is -1.06. The van der Waals surface area contributed by atoms with Gasteiger partial charge in [-0.1, -0.05) is 30.3 Å². The van der Waals surface area contributed by atoms with Crippen molar-refractivity contribution in [1.29, 1.82) is 0 Å². The van der Waals surface area contributed by atoms with E-state index in [9.17, 15) is 0 Å². The van der Waals surface area contributed by atoms with Gasteiger partial charge in [-0.2, -0.15) is 0 Å². The van der Waals surface area contributed by atoms with E-state index in [-0.39, 0.29) is 0 Å². The van der Waals surface area contributed by atoms with Gasteiger partial charge in [0.15, 0.2) is 0 Å². The zero-order valence-electron chi connectivity index (χ0n) is 9.66. The third kappa shape index (κ3) is 4.02. The summed E-state index contributed by atoms with van der Waals surface area (Å²) in [6.45, 7) is 1.78. The Labute approximate surface area is 110 Å². The molecule has 0 aliphatic heterocycles. The molecule has 1 aromatic heterocycles. The molecule has 0 aliphatic carbocycles. The second-order valence-electron chi connectivity index (χ2n) is 3.96. The van der Waals surface area contributed by atoms with Crippen LogP contribution in [0.2, 0.25) is 0 Å². The lowest BCUT2D eigenvalue weighted by Gasteiger charge is -2.03. The zero-order valence-corrected chi connectivity index (χ0v) is 11.2. The largest absolute Gasteiger partial charge is 0.467 e. The number of halogens is 1. The molecule has 0 saturated carbocycles. The van der Waals surface area contributed by atoms with Crippen molar-refractivity contribution in [2.24, 2.45) is 0 Å². The summed E-state index contributed by atoms with van der Waals surface area (Å²) in [6.07, 6.45) is 3.96. The Morgan fingerprint density at radius 2 is 1.94 bits per heavy atom. The van der Waals surface area contributed by atoms with Gasteiger partial charge in [-0.15, -0.1) is 0 Å². The first-order valence-electron chi connectivity index (χ1n) is 5.83. The molecule has 90 valence electrons. The SMILES string of the molecule is Brc1ccoc1CNCCCc1ccccc1. The molecule has 1 aromatic carbocycles. The minimum Gasteiger partial charge on any atom is -0.467 e. The summed E-state index contributed by atoms with van der Waals surface area (Å²) in [5.74, 6) is 0.963. The molecule has 2 aromatic rings. The molecule has 1 N–H and O–H groups in total. The predicted molar refractivity (Wildman–Crippen MR) is 72.9 cm³/mol. The molecule has 0 unspecified atom stereocenters. The monoisotopic (exact) mass is 293 g/mol. The maximum atomic E-state index is 5.32. The molecule has 2 nitrogen and oxygen atoms in total. The number of benzene rings is 1. The summed E-state index contributed by atoms with van der Waals surface area (Å²) in [5, 5.41) is 3.38. The lowest BCUT2D eigenvalue weighted by molar-refractivity contribution is 0.479. The molecule has 0 radical (unpaired) electrons. The molecule has 0 aliphatic rings. The number of aryl methyl sites for hydroxylation is 1. The van der Waals surface area contributed by atoms with Gasteiger partial charge in [0.25, 0.3) is 0 Å². The molecule has 0 spiro atoms. The van der Waals surface area contributed by atoms with E-state index in [4.69, 9.17) is 4.42 Å². The number of rotatable bonds is 6. The fourth-order valence-corrected chi connectivity index (χ4v) is 2.06. The van der Waals surface area contributed by atoms with Crippen LogP contribution in [0.25, 0.3) is 0 Å². The van der Waals surface area contributed by atoms with Gasteiger partial charge < -0.3 is 9.73 Å². The highest BCUT2D eigenvalue weighted by Gasteiger charge is 2.01. The summed E-state index contributed by atoms with van der Waals surface area (Å²) in [7, 11) is 0. The van der Waals surface area contributed by atoms with Crippen molar-refractivity contribution in [2.75, 3.05) is 6.54 Å². The molecular weight excluding hydrogens is 278 g/mol. The minimum atomic E-state index is 0.780. The van der Waals surface area contributed by atoms with Crippen LogP contribution in [0, 0.1) is 0 Å². The van der Waals surface area contributed by atoms with Crippen molar-refractivity contribution >= 4 is 15.9 Å². The number of hydrogen-bond donors (Lipinski definition) is 1. The standard InChI is InChI=1S/C14H16BrNO/c15-13-8-10-17-14(13)11-16-9-4-7-12-5-2-1-3-6-12/h1-3,5-6,8,10,16H,4,7,9,11H2. The first kappa shape index (κ1) is 12.4. The summed E-state index contributed by atoms with van der Waals surface area (Å²) < 4.78 is 6.35. The van der Waals surface area contributed by atoms with E-state index in [0.29, 0.717) is 0 Å². The topological polar surface area (TPSA) is 25.2 Å². The third-order valence-electron chi connectivity index (χ3n) is 2.64. The van der Waals surface area contributed by atoms with Gasteiger partial charge >= 0.3 is 0 Å². The second kappa shape index (κ2) is 6.62. The van der Waals surface area contributed by atoms with Crippen LogP contribution in [0.1, 0.15) is 17.7 Å². The zero-order chi connectivity index (χ0) is 11.9. The van der Waals surface area contributed by atoms with E-state index >= 15 is 0 Å². The average Bonchev–Trinajstić information content (AvgIpc) is 2.76. The van der Waals surface area contributed by atoms with Crippen molar-refractivity contribution in [3.05, 3.63) is 58.5 Å². The molecule has 0 saturated heterocycles. The van der Waals surface area contributed by atoms with Crippen molar-refractivity contribution in [3.63, 3.8) is 0 Å². The molecule has 0 atom stereocenters. The Bertz CT molecular complexity index is 438. The smallest absolute Gasteiger partial charge is 0.131 e. The van der Waals surface area contributed by atoms with E-state index in [0.717, 1.165) is 36.2 Å². The van der Waals surface area contributed by atoms with E-state index in [2.05, 4.69) is 51.6 Å². The van der Waals surface area contributed by atoms with Crippen LogP contribution >= 0.6 is 15.9 Å². The van der Waals surface area contributed by atoms with Crippen LogP contribution in [-0.4, -0.2) is 6.54 Å². The van der Waals surface area contributed by atoms with Gasteiger partial charge in [-0.25, -0.2) is 0 Å². The molecule has 0 bridgehead atoms. The quantitative estimate of drug-likeness (QED) is 0.821. The van der Waals surface area contributed by atoms with Gasteiger partial charge in [0, 0.05) is 0 Å². The summed E-state index contributed by atoms with van der Waals surface area (Å²) in [4.78, 5) is 0. The second-order valence-corrected chi connectivity index (χ2v) is 4.81. The van der Waals surface area contributed by atoms with E-state index < -0.39 is 0 Å². The molecule has 1 heterocycles. The maximum absolute atomic E-state index is 5.32. The lowest BCUT2D eigenvalue weighted by atomic mass is 10.1. The molecule has 17 heavy (non-hydrogen) atoms. The summed E-state index contributed by atoms with van der Waals surface area (Å²) >= 11 is 3.44. The Morgan fingerprint density at radius 3 is 2.65 bits per heavy atom. The van der Waals surface area contributed by atoms with Gasteiger partial charge in [-0.05, 0) is 46.9 Å². The van der Waals surface area contributed by atoms with E-state index in [1.807, 2.05) is 6.07 Å². The van der Waals surface area contributed by atoms with E-state index in [1.54, 1.807) is 6.26 Å². The van der Waals surface area contributed by atoms with Crippen LogP contribution in [0.4, 0.5) is 0 Å². The average molecular weight is 294 g/mol. The number of hydrogen-bond acceptors (Lipinski definition) is 2. The van der Waals surface area contributed by atoms with Gasteiger partial charge in [0.05, 0.1) is 17.3 Å². The van der Waals surface area contributed by atoms with Crippen molar-refractivity contribution < 1.29 is 4.42 Å². The van der Waals surface area contributed by atoms with Crippen LogP contribution in [0.3, 0.4) is 0 Å². The Morgan fingerprint density at radius 1 is 1.12 bits per heavy atom. The fourth-order valence-electron chi connectivity index (χ4n) is 1.72. The Balaban J connectivity index is 1.63. The summed E-state index contributed by atoms with van der Waals surface area (Å²) in [5.41, 5.74) is 1.40. The van der Waals surface area contributed by atoms with Crippen molar-refractivity contribution in [2.45, 2.75) is 19.4 Å². The maximum Gasteiger partial charge on any atom is 0.131 e. The summed E-state index contributed by atoms with van der Waals surface area (Å²) in [6, 6.07) is 12.5. The normalized spacial score (nSPS) is 10.6. The molecular formula is C14H16BrNO. The van der Waals surface area contributed by atoms with Crippen LogP contribution in [0.15, 0.2) is 51.6 Å². The van der Waals surface area contributed by atoms with Gasteiger partial charge in [-0.3, -0.25) is 0 Å². The molecule has 3 heteroatoms. The lowest BCUT2D eigenvalue weighted by Crippen LogP contribution is -2.15. The molecule has 2 rings (SSSR count). The molecule has 0 fully saturated rings. The van der Waals surface area contributed by atoms with Gasteiger partial charge in [0.2, 0.25) is 0 Å². The highest BCUT2D eigenvalue weighted by atomic mass is 79.9. The number of nitrogens with one attached hydrogen (secondary N) is 1. The van der Waals surface area contributed by atoms with Gasteiger partial charge in [0.1, 0.15) is 5.76 Å². The first-order chi connectivity index (χ1) is 8.36. The third-order valence-corrected chi connectivity index (χ3v) is 3.35. The first-order valence-corrected chi connectivity index (χ1v) is 6.62. The van der Waals surface area contributed by atoms with Crippen molar-refractivity contribution in [3.8, 4) is 0 Å². The number of furan rings is 1. The Kier molecular flexibility index (Phi) is 4.83. The van der Waals surface area contributed by atoms with Crippen LogP contribution < -0.4 is 5.32 Å². The minimum absolute atomic E-state index is 0.780. The highest BCUT2D eigenvalue weighted by molar-refractivity contribution is 9.10. The van der Waals surface area contributed by atoms with Crippen molar-refractivity contribution in [1.82, 2.24) is 5.32 Å². The van der Waals surface area contributed by atoms with E-state index in [1.165, 1.54) is 5.56 Å². The predicted octanol–water partition coefficient (Wildman–Crippen LogP) is 3.76. The fraction of sp³-hybridized carbons (Fsp3) is 0.286. The van der Waals surface area contributed by atoms with Crippen LogP contribution in [-0.2, 0) is 13.0 Å².